The zero-order valence-corrected chi connectivity index (χ0v) is 14.0. The summed E-state index contributed by atoms with van der Waals surface area (Å²) in [5, 5.41) is 17.5. The van der Waals surface area contributed by atoms with E-state index in [2.05, 4.69) is 10.6 Å². The van der Waals surface area contributed by atoms with Gasteiger partial charge in [-0.25, -0.2) is 4.79 Å². The molecule has 1 aromatic carbocycles. The Morgan fingerprint density at radius 2 is 2.13 bits per heavy atom. The summed E-state index contributed by atoms with van der Waals surface area (Å²) in [6.07, 6.45) is 1.67. The van der Waals surface area contributed by atoms with Crippen molar-refractivity contribution in [3.8, 4) is 0 Å². The Hall–Kier alpha value is -1.63. The Balaban J connectivity index is 1.58. The van der Waals surface area contributed by atoms with E-state index in [0.717, 1.165) is 27.8 Å². The van der Waals surface area contributed by atoms with Crippen molar-refractivity contribution in [2.24, 2.45) is 0 Å². The second-order valence-electron chi connectivity index (χ2n) is 6.14. The highest BCUT2D eigenvalue weighted by atomic mass is 32.1. The van der Waals surface area contributed by atoms with Crippen LogP contribution in [-0.2, 0) is 10.3 Å². The molecule has 2 aromatic rings. The lowest BCUT2D eigenvalue weighted by molar-refractivity contribution is 0.0614. The number of carbonyl (C=O) groups is 1. The van der Waals surface area contributed by atoms with Gasteiger partial charge >= 0.3 is 6.03 Å². The number of hydrogen-bond acceptors (Lipinski definition) is 4. The fraction of sp³-hybridized carbons (Fsp3) is 0.471. The van der Waals surface area contributed by atoms with Crippen LogP contribution in [0.4, 0.5) is 4.79 Å². The van der Waals surface area contributed by atoms with Crippen LogP contribution in [0.2, 0.25) is 0 Å². The first kappa shape index (κ1) is 16.2. The Morgan fingerprint density at radius 3 is 2.87 bits per heavy atom. The molecule has 2 heterocycles. The molecular formula is C17H22N2O3S. The maximum atomic E-state index is 12.0. The second kappa shape index (κ2) is 6.86. The minimum Gasteiger partial charge on any atom is -0.383 e. The van der Waals surface area contributed by atoms with Gasteiger partial charge < -0.3 is 20.5 Å². The van der Waals surface area contributed by atoms with Gasteiger partial charge in [0, 0.05) is 28.8 Å². The molecule has 0 saturated carbocycles. The molecule has 2 amide bonds. The standard InChI is InChI=1S/C17H22N2O3S/c1-17(21,15-10-12-4-2-3-5-14(12)23-15)11-18-16(20)19-13-6-8-22-9-7-13/h2-5,10,13,21H,6-9,11H2,1H3,(H2,18,19,20)/t17-/m1/s1. The molecular weight excluding hydrogens is 312 g/mol. The van der Waals surface area contributed by atoms with Crippen LogP contribution in [0, 0.1) is 0 Å². The zero-order valence-electron chi connectivity index (χ0n) is 13.2. The van der Waals surface area contributed by atoms with Crippen LogP contribution in [0.5, 0.6) is 0 Å². The normalized spacial score (nSPS) is 18.5. The first-order valence-corrected chi connectivity index (χ1v) is 8.70. The van der Waals surface area contributed by atoms with E-state index in [1.807, 2.05) is 30.3 Å². The molecule has 23 heavy (non-hydrogen) atoms. The van der Waals surface area contributed by atoms with Gasteiger partial charge in [-0.1, -0.05) is 18.2 Å². The van der Waals surface area contributed by atoms with Crippen LogP contribution in [0.25, 0.3) is 10.1 Å². The van der Waals surface area contributed by atoms with Crippen LogP contribution < -0.4 is 10.6 Å². The molecule has 1 saturated heterocycles. The van der Waals surface area contributed by atoms with Crippen LogP contribution in [0.3, 0.4) is 0 Å². The monoisotopic (exact) mass is 334 g/mol. The number of aliphatic hydroxyl groups is 1. The summed E-state index contributed by atoms with van der Waals surface area (Å²) in [5.74, 6) is 0. The van der Waals surface area contributed by atoms with Crippen molar-refractivity contribution in [2.45, 2.75) is 31.4 Å². The molecule has 0 aliphatic carbocycles. The topological polar surface area (TPSA) is 70.6 Å². The van der Waals surface area contributed by atoms with Crippen molar-refractivity contribution in [1.29, 1.82) is 0 Å². The number of ether oxygens (including phenoxy) is 1. The molecule has 1 aliphatic heterocycles. The molecule has 6 heteroatoms. The van der Waals surface area contributed by atoms with E-state index in [0.29, 0.717) is 13.2 Å². The van der Waals surface area contributed by atoms with Crippen LogP contribution >= 0.6 is 11.3 Å². The molecule has 124 valence electrons. The Kier molecular flexibility index (Phi) is 4.84. The van der Waals surface area contributed by atoms with Gasteiger partial charge in [-0.15, -0.1) is 11.3 Å². The third kappa shape index (κ3) is 4.02. The highest BCUT2D eigenvalue weighted by molar-refractivity contribution is 7.19. The summed E-state index contributed by atoms with van der Waals surface area (Å²) in [5.41, 5.74) is -1.09. The Labute approximate surface area is 139 Å². The molecule has 5 nitrogen and oxygen atoms in total. The summed E-state index contributed by atoms with van der Waals surface area (Å²) in [4.78, 5) is 12.8. The number of urea groups is 1. The quantitative estimate of drug-likeness (QED) is 0.805. The van der Waals surface area contributed by atoms with Crippen molar-refractivity contribution in [2.75, 3.05) is 19.8 Å². The van der Waals surface area contributed by atoms with Crippen molar-refractivity contribution in [1.82, 2.24) is 10.6 Å². The van der Waals surface area contributed by atoms with E-state index in [-0.39, 0.29) is 18.6 Å². The Morgan fingerprint density at radius 1 is 1.39 bits per heavy atom. The van der Waals surface area contributed by atoms with Gasteiger partial charge in [0.05, 0.1) is 6.54 Å². The van der Waals surface area contributed by atoms with Crippen molar-refractivity contribution >= 4 is 27.5 Å². The third-order valence-electron chi connectivity index (χ3n) is 4.11. The number of amides is 2. The van der Waals surface area contributed by atoms with E-state index in [1.54, 1.807) is 18.3 Å². The second-order valence-corrected chi connectivity index (χ2v) is 7.22. The number of benzene rings is 1. The van der Waals surface area contributed by atoms with Gasteiger partial charge in [0.25, 0.3) is 0 Å². The average molecular weight is 334 g/mol. The predicted molar refractivity (Wildman–Crippen MR) is 91.8 cm³/mol. The van der Waals surface area contributed by atoms with Gasteiger partial charge in [0.1, 0.15) is 5.60 Å². The first-order chi connectivity index (χ1) is 11.0. The third-order valence-corrected chi connectivity index (χ3v) is 5.48. The van der Waals surface area contributed by atoms with Gasteiger partial charge in [-0.3, -0.25) is 0 Å². The van der Waals surface area contributed by atoms with E-state index < -0.39 is 5.60 Å². The first-order valence-electron chi connectivity index (χ1n) is 7.88. The average Bonchev–Trinajstić information content (AvgIpc) is 2.99. The minimum atomic E-state index is -1.09. The maximum absolute atomic E-state index is 12.0. The predicted octanol–water partition coefficient (Wildman–Crippen LogP) is 2.59. The van der Waals surface area contributed by atoms with Gasteiger partial charge in [0.2, 0.25) is 0 Å². The van der Waals surface area contributed by atoms with Crippen molar-refractivity contribution in [3.05, 3.63) is 35.2 Å². The van der Waals surface area contributed by atoms with Crippen molar-refractivity contribution in [3.63, 3.8) is 0 Å². The molecule has 0 radical (unpaired) electrons. The molecule has 1 atom stereocenters. The number of rotatable bonds is 4. The SMILES string of the molecule is C[C@@](O)(CNC(=O)NC1CCOCC1)c1cc2ccccc2s1. The van der Waals surface area contributed by atoms with Gasteiger partial charge in [-0.05, 0) is 37.3 Å². The van der Waals surface area contributed by atoms with Crippen LogP contribution in [0.1, 0.15) is 24.6 Å². The van der Waals surface area contributed by atoms with E-state index in [4.69, 9.17) is 4.74 Å². The highest BCUT2D eigenvalue weighted by Crippen LogP contribution is 2.32. The Bertz CT molecular complexity index is 644. The number of carbonyl (C=O) groups excluding carboxylic acids is 1. The minimum absolute atomic E-state index is 0.151. The fourth-order valence-electron chi connectivity index (χ4n) is 2.67. The van der Waals surface area contributed by atoms with Gasteiger partial charge in [0.15, 0.2) is 0 Å². The lowest BCUT2D eigenvalue weighted by Crippen LogP contribution is -2.48. The van der Waals surface area contributed by atoms with E-state index >= 15 is 0 Å². The van der Waals surface area contributed by atoms with Gasteiger partial charge in [-0.2, -0.15) is 0 Å². The smallest absolute Gasteiger partial charge is 0.315 e. The van der Waals surface area contributed by atoms with Crippen molar-refractivity contribution < 1.29 is 14.6 Å². The lowest BCUT2D eigenvalue weighted by atomic mass is 10.0. The van der Waals surface area contributed by atoms with E-state index in [9.17, 15) is 9.90 Å². The van der Waals surface area contributed by atoms with Crippen LogP contribution in [-0.4, -0.2) is 36.9 Å². The largest absolute Gasteiger partial charge is 0.383 e. The molecule has 1 aromatic heterocycles. The van der Waals surface area contributed by atoms with E-state index in [1.165, 1.54) is 0 Å². The summed E-state index contributed by atoms with van der Waals surface area (Å²) >= 11 is 1.55. The summed E-state index contributed by atoms with van der Waals surface area (Å²) < 4.78 is 6.41. The molecule has 0 bridgehead atoms. The molecule has 3 N–H and O–H groups in total. The summed E-state index contributed by atoms with van der Waals surface area (Å²) in [6, 6.07) is 9.92. The molecule has 0 unspecified atom stereocenters. The molecule has 0 spiro atoms. The molecule has 3 rings (SSSR count). The lowest BCUT2D eigenvalue weighted by Gasteiger charge is -2.25. The summed E-state index contributed by atoms with van der Waals surface area (Å²) in [7, 11) is 0. The number of thiophene rings is 1. The number of nitrogens with one attached hydrogen (secondary N) is 2. The zero-order chi connectivity index (χ0) is 16.3. The maximum Gasteiger partial charge on any atom is 0.315 e. The number of hydrogen-bond donors (Lipinski definition) is 3. The highest BCUT2D eigenvalue weighted by Gasteiger charge is 2.26. The number of fused-ring (bicyclic) bond motifs is 1. The molecule has 1 fully saturated rings. The molecule has 1 aliphatic rings. The summed E-state index contributed by atoms with van der Waals surface area (Å²) in [6.45, 7) is 3.27. The fourth-order valence-corrected chi connectivity index (χ4v) is 3.77. The van der Waals surface area contributed by atoms with Crippen LogP contribution in [0.15, 0.2) is 30.3 Å².